The van der Waals surface area contributed by atoms with Crippen molar-refractivity contribution in [1.29, 1.82) is 0 Å². The molecule has 0 aliphatic heterocycles. The predicted molar refractivity (Wildman–Crippen MR) is 342 cm³/mol. The smallest absolute Gasteiger partial charge is 0.407 e. The number of alkyl halides is 4. The molecule has 0 heterocycles. The van der Waals surface area contributed by atoms with E-state index in [-0.39, 0.29) is 83.9 Å². The number of amides is 1. The van der Waals surface area contributed by atoms with Gasteiger partial charge in [-0.05, 0) is 101 Å². The fraction of sp³-hybridized carbons (Fsp3) is 0.371. The molecule has 6 aromatic carbocycles. The Labute approximate surface area is 539 Å². The van der Waals surface area contributed by atoms with Gasteiger partial charge in [-0.15, -0.1) is 0 Å². The Morgan fingerprint density at radius 1 is 0.522 bits per heavy atom. The first kappa shape index (κ1) is 82.0. The van der Waals surface area contributed by atoms with Gasteiger partial charge < -0.3 is 47.5 Å². The molecule has 0 aliphatic rings. The summed E-state index contributed by atoms with van der Waals surface area (Å²) in [5, 5.41) is 11.7. The maximum absolute atomic E-state index is 14.0. The Balaban J connectivity index is 0.00000125. The van der Waals surface area contributed by atoms with E-state index in [9.17, 15) is 51.1 Å². The van der Waals surface area contributed by atoms with Crippen molar-refractivity contribution < 1.29 is 93.3 Å². The third-order valence-electron chi connectivity index (χ3n) is 12.8. The molecule has 5 N–H and O–H groups in total. The van der Waals surface area contributed by atoms with Crippen molar-refractivity contribution in [3.8, 4) is 0 Å². The molecule has 0 saturated carbocycles. The van der Waals surface area contributed by atoms with Crippen molar-refractivity contribution in [1.82, 2.24) is 5.32 Å². The van der Waals surface area contributed by atoms with Gasteiger partial charge in [0.15, 0.2) is 29.7 Å². The van der Waals surface area contributed by atoms with Crippen molar-refractivity contribution >= 4 is 58.9 Å². The minimum Gasteiger partial charge on any atom is -1.00 e. The van der Waals surface area contributed by atoms with Crippen LogP contribution in [0.1, 0.15) is 165 Å². The van der Waals surface area contributed by atoms with Gasteiger partial charge in [-0.2, -0.15) is 0 Å². The topological polar surface area (TPSA) is 216 Å². The van der Waals surface area contributed by atoms with Crippen molar-refractivity contribution in [3.05, 3.63) is 214 Å². The number of nitrogens with one attached hydrogen (secondary N) is 1. The van der Waals surface area contributed by atoms with Crippen LogP contribution in [0.25, 0.3) is 0 Å². The zero-order valence-corrected chi connectivity index (χ0v) is 52.1. The summed E-state index contributed by atoms with van der Waals surface area (Å²) >= 11 is 4.65. The summed E-state index contributed by atoms with van der Waals surface area (Å²) in [5.41, 5.74) is 7.81. The van der Waals surface area contributed by atoms with Crippen LogP contribution in [-0.2, 0) is 33.3 Å². The molecule has 20 heteroatoms. The van der Waals surface area contributed by atoms with Crippen LogP contribution in [0.5, 0.6) is 0 Å². The van der Waals surface area contributed by atoms with Crippen molar-refractivity contribution in [2.24, 2.45) is 0 Å². The second-order valence-electron chi connectivity index (χ2n) is 20.9. The van der Waals surface area contributed by atoms with Gasteiger partial charge in [0.1, 0.15) is 44.3 Å². The molecule has 1 amide bonds. The van der Waals surface area contributed by atoms with E-state index in [0.717, 1.165) is 0 Å². The number of ether oxygens (including phenoxy) is 4. The molecule has 0 radical (unpaired) electrons. The van der Waals surface area contributed by atoms with E-state index in [1.165, 1.54) is 5.37 Å². The quantitative estimate of drug-likeness (QED) is 0.0152. The summed E-state index contributed by atoms with van der Waals surface area (Å²) in [5.74, 6) is -3.88. The normalized spacial score (nSPS) is 12.7. The molecule has 7 atom stereocenters. The number of esters is 3. The number of aliphatic hydroxyl groups excluding tert-OH is 1. The van der Waals surface area contributed by atoms with E-state index >= 15 is 0 Å². The first-order chi connectivity index (χ1) is 41.4. The van der Waals surface area contributed by atoms with Crippen LogP contribution in [0.3, 0.4) is 0 Å². The molecule has 0 spiro atoms. The molecular formula is C70H87ClF4N2O12S. The van der Waals surface area contributed by atoms with Gasteiger partial charge in [0, 0.05) is 33.4 Å². The Morgan fingerprint density at radius 3 is 1.13 bits per heavy atom. The fourth-order valence-corrected chi connectivity index (χ4v) is 7.67. The number of hydrogen-bond donors (Lipinski definition) is 3. The van der Waals surface area contributed by atoms with Crippen LogP contribution in [0.4, 0.5) is 22.4 Å². The van der Waals surface area contributed by atoms with Crippen molar-refractivity contribution in [2.45, 2.75) is 131 Å². The molecule has 14 nitrogen and oxygen atoms in total. The Morgan fingerprint density at radius 2 is 0.844 bits per heavy atom. The van der Waals surface area contributed by atoms with Crippen LogP contribution in [0.2, 0.25) is 0 Å². The van der Waals surface area contributed by atoms with E-state index in [4.69, 9.17) is 24.1 Å². The van der Waals surface area contributed by atoms with Crippen molar-refractivity contribution in [3.63, 3.8) is 0 Å². The molecule has 0 fully saturated rings. The van der Waals surface area contributed by atoms with Crippen LogP contribution >= 0.6 is 12.2 Å². The van der Waals surface area contributed by atoms with E-state index in [1.807, 2.05) is 18.2 Å². The highest BCUT2D eigenvalue weighted by molar-refractivity contribution is 7.78. The highest BCUT2D eigenvalue weighted by atomic mass is 35.5. The number of carbonyl (C=O) groups is 7. The Hall–Kier alpha value is -7.97. The number of thiocarbonyl (C=S) groups is 1. The van der Waals surface area contributed by atoms with E-state index in [1.54, 1.807) is 194 Å². The molecule has 490 valence electrons. The fourth-order valence-electron chi connectivity index (χ4n) is 7.53. The van der Waals surface area contributed by atoms with Gasteiger partial charge >= 0.3 is 24.0 Å². The Bertz CT molecular complexity index is 3120. The largest absolute Gasteiger partial charge is 1.00 e. The van der Waals surface area contributed by atoms with Gasteiger partial charge in [-0.3, -0.25) is 28.8 Å². The van der Waals surface area contributed by atoms with Crippen LogP contribution in [-0.4, -0.2) is 122 Å². The average molecular weight is 1290 g/mol. The Kier molecular flexibility index (Phi) is 39.8. The first-order valence-corrected chi connectivity index (χ1v) is 28.9. The number of quaternary nitrogens is 1. The minimum atomic E-state index is -1.57. The number of benzene rings is 6. The second-order valence-corrected chi connectivity index (χ2v) is 21.2. The minimum absolute atomic E-state index is 0. The van der Waals surface area contributed by atoms with Gasteiger partial charge in [-0.25, -0.2) is 22.4 Å². The SMILES string of the molecule is C.C.CCC(F)CO.C[C@@H](C(=O)OCC(F)CCC=S)c1cccc(C(=O)c2ccccc2)c1.C[C@@H](C(=O)OCC(F)CNC(=O)OC(C)(C)C)c1cccc(C(=O)c2ccccc2)c1.C[C@@H](C(=O)OCC(F)C[NH3+])c1cccc(C(=O)c2ccccc2)c1.[Cl-]. The van der Waals surface area contributed by atoms with Gasteiger partial charge in [-0.1, -0.05) is 180 Å². The number of carbonyl (C=O) groups excluding carboxylic acids is 7. The number of rotatable bonds is 26. The number of aliphatic hydroxyl groups is 1. The summed E-state index contributed by atoms with van der Waals surface area (Å²) in [4.78, 5) is 85.7. The lowest BCUT2D eigenvalue weighted by Crippen LogP contribution is -3.00. The van der Waals surface area contributed by atoms with Crippen LogP contribution in [0, 0.1) is 0 Å². The van der Waals surface area contributed by atoms with E-state index < -0.39 is 78.6 Å². The number of hydrogen-bond acceptors (Lipinski definition) is 13. The summed E-state index contributed by atoms with van der Waals surface area (Å²) in [7, 11) is 0. The number of alkyl carbamates (subject to hydrolysis) is 1. The molecule has 0 saturated heterocycles. The summed E-state index contributed by atoms with van der Waals surface area (Å²) < 4.78 is 72.4. The molecule has 6 aromatic rings. The summed E-state index contributed by atoms with van der Waals surface area (Å²) in [6.45, 7) is 10.1. The average Bonchev–Trinajstić information content (AvgIpc) is 1.19. The molecule has 6 rings (SSSR count). The molecule has 4 unspecified atom stereocenters. The highest BCUT2D eigenvalue weighted by Crippen LogP contribution is 2.24. The standard InChI is InChI=1S/C24H28FNO5.C21H21FO3S.C19H20FNO3.C4H9FO.2CH4.ClH/c1-16(22(28)30-15-20(25)14-26-23(29)31-24(2,3)4)18-11-8-12-19(13-18)21(27)17-9-6-5-7-10-17;1-15(21(24)25-14-19(22)11-6-12-26)17-9-5-10-18(13-17)20(23)16-7-3-2-4-8-16;1-13(19(23)24-12-17(20)11-21)15-8-5-9-16(10-15)18(22)14-6-3-2-4-7-14;1-2-4(5)3-6;;;/h5-13,16,20H,14-15H2,1-4H3,(H,26,29);2-5,7-10,12-13,15,19H,6,11,14H2,1H3;2-10,13,17H,11-12,21H2,1H3;4,6H,2-3H2,1H3;2*1H4;1H/t16-,20?;15-,19?;13-,17?;;;;/m111..../s1. The van der Waals surface area contributed by atoms with Crippen LogP contribution in [0.15, 0.2) is 164 Å². The lowest BCUT2D eigenvalue weighted by Gasteiger charge is -2.20. The number of halogens is 5. The van der Waals surface area contributed by atoms with Crippen molar-refractivity contribution in [2.75, 3.05) is 39.5 Å². The van der Waals surface area contributed by atoms with Gasteiger partial charge in [0.05, 0.1) is 30.9 Å². The molecule has 0 aliphatic carbocycles. The molecule has 0 bridgehead atoms. The third kappa shape index (κ3) is 30.0. The van der Waals surface area contributed by atoms with Gasteiger partial charge in [0.25, 0.3) is 0 Å². The zero-order chi connectivity index (χ0) is 64.5. The van der Waals surface area contributed by atoms with E-state index in [2.05, 4.69) is 23.3 Å². The summed E-state index contributed by atoms with van der Waals surface area (Å²) in [6.07, 6.45) is -4.69. The zero-order valence-electron chi connectivity index (χ0n) is 50.5. The number of ketones is 3. The monoisotopic (exact) mass is 1290 g/mol. The van der Waals surface area contributed by atoms with E-state index in [0.29, 0.717) is 62.9 Å². The molecule has 0 aromatic heterocycles. The second kappa shape index (κ2) is 43.7. The lowest BCUT2D eigenvalue weighted by atomic mass is 9.96. The maximum Gasteiger partial charge on any atom is 0.407 e. The molecular weight excluding hydrogens is 1200 g/mol. The summed E-state index contributed by atoms with van der Waals surface area (Å²) in [6, 6.07) is 47.1. The van der Waals surface area contributed by atoms with Crippen LogP contribution < -0.4 is 23.5 Å². The maximum atomic E-state index is 14.0. The third-order valence-corrected chi connectivity index (χ3v) is 13.0. The first-order valence-electron chi connectivity index (χ1n) is 28.4. The predicted octanol–water partition coefficient (Wildman–Crippen LogP) is 10.3. The highest BCUT2D eigenvalue weighted by Gasteiger charge is 2.24. The van der Waals surface area contributed by atoms with Gasteiger partial charge in [0.2, 0.25) is 0 Å². The molecule has 90 heavy (non-hydrogen) atoms. The lowest BCUT2D eigenvalue weighted by molar-refractivity contribution is -0.380.